The standard InChI is InChI=1S/C16H22F2N2O/c1-4-13-16(21)20(9-14(17)18)15(19-13)12-7-5-11(6-8-12)10(2)3/h5-8,10,13-15,19H,4,9H2,1-3H3. The summed E-state index contributed by atoms with van der Waals surface area (Å²) < 4.78 is 25.5. The fourth-order valence-corrected chi connectivity index (χ4v) is 2.66. The molecular formula is C16H22F2N2O. The van der Waals surface area contributed by atoms with Crippen molar-refractivity contribution in [3.63, 3.8) is 0 Å². The Labute approximate surface area is 124 Å². The van der Waals surface area contributed by atoms with Crippen LogP contribution in [-0.4, -0.2) is 29.8 Å². The van der Waals surface area contributed by atoms with Gasteiger partial charge in [0.05, 0.1) is 12.6 Å². The Hall–Kier alpha value is -1.49. The Balaban J connectivity index is 2.24. The lowest BCUT2D eigenvalue weighted by atomic mass is 10.0. The predicted octanol–water partition coefficient (Wildman–Crippen LogP) is 3.28. The van der Waals surface area contributed by atoms with E-state index in [2.05, 4.69) is 19.2 Å². The minimum absolute atomic E-state index is 0.240. The molecule has 21 heavy (non-hydrogen) atoms. The highest BCUT2D eigenvalue weighted by atomic mass is 19.3. The zero-order valence-corrected chi connectivity index (χ0v) is 12.6. The number of halogens is 2. The minimum Gasteiger partial charge on any atom is -0.316 e. The van der Waals surface area contributed by atoms with Crippen molar-refractivity contribution in [2.24, 2.45) is 0 Å². The number of benzene rings is 1. The number of carbonyl (C=O) groups excluding carboxylic acids is 1. The van der Waals surface area contributed by atoms with Crippen LogP contribution < -0.4 is 5.32 Å². The van der Waals surface area contributed by atoms with E-state index in [-0.39, 0.29) is 11.9 Å². The van der Waals surface area contributed by atoms with E-state index in [9.17, 15) is 13.6 Å². The number of alkyl halides is 2. The summed E-state index contributed by atoms with van der Waals surface area (Å²) in [5.74, 6) is 0.175. The molecule has 0 aliphatic carbocycles. The molecule has 1 aliphatic heterocycles. The van der Waals surface area contributed by atoms with Gasteiger partial charge >= 0.3 is 0 Å². The maximum atomic E-state index is 12.7. The molecule has 2 unspecified atom stereocenters. The second kappa shape index (κ2) is 6.52. The number of carbonyl (C=O) groups is 1. The SMILES string of the molecule is CCC1NC(c2ccc(C(C)C)cc2)N(CC(F)F)C1=O. The topological polar surface area (TPSA) is 32.3 Å². The second-order valence-corrected chi connectivity index (χ2v) is 5.73. The molecule has 0 spiro atoms. The maximum Gasteiger partial charge on any atom is 0.255 e. The van der Waals surface area contributed by atoms with Crippen LogP contribution in [-0.2, 0) is 4.79 Å². The molecule has 1 aromatic carbocycles. The average Bonchev–Trinajstić information content (AvgIpc) is 2.75. The van der Waals surface area contributed by atoms with Gasteiger partial charge in [0.25, 0.3) is 6.43 Å². The van der Waals surface area contributed by atoms with Gasteiger partial charge in [-0.15, -0.1) is 0 Å². The molecule has 0 saturated carbocycles. The molecule has 1 aromatic rings. The number of rotatable bonds is 5. The van der Waals surface area contributed by atoms with Gasteiger partial charge in [-0.25, -0.2) is 8.78 Å². The van der Waals surface area contributed by atoms with E-state index in [0.29, 0.717) is 12.3 Å². The fourth-order valence-electron chi connectivity index (χ4n) is 2.66. The van der Waals surface area contributed by atoms with Crippen molar-refractivity contribution >= 4 is 5.91 Å². The van der Waals surface area contributed by atoms with Crippen LogP contribution in [0, 0.1) is 0 Å². The third kappa shape index (κ3) is 3.40. The minimum atomic E-state index is -2.52. The second-order valence-electron chi connectivity index (χ2n) is 5.73. The Morgan fingerprint density at radius 3 is 2.33 bits per heavy atom. The lowest BCUT2D eigenvalue weighted by molar-refractivity contribution is -0.132. The molecule has 1 fully saturated rings. The van der Waals surface area contributed by atoms with E-state index in [4.69, 9.17) is 0 Å². The van der Waals surface area contributed by atoms with E-state index in [1.807, 2.05) is 31.2 Å². The molecule has 0 aromatic heterocycles. The van der Waals surface area contributed by atoms with Crippen LogP contribution in [0.1, 0.15) is 50.4 Å². The third-order valence-electron chi connectivity index (χ3n) is 3.91. The van der Waals surface area contributed by atoms with Crippen molar-refractivity contribution in [2.45, 2.75) is 51.7 Å². The summed E-state index contributed by atoms with van der Waals surface area (Å²) in [6, 6.07) is 7.43. The van der Waals surface area contributed by atoms with Gasteiger partial charge in [-0.2, -0.15) is 0 Å². The van der Waals surface area contributed by atoms with Gasteiger partial charge in [0.2, 0.25) is 5.91 Å². The monoisotopic (exact) mass is 296 g/mol. The van der Waals surface area contributed by atoms with Gasteiger partial charge in [-0.05, 0) is 23.5 Å². The third-order valence-corrected chi connectivity index (χ3v) is 3.91. The van der Waals surface area contributed by atoms with Crippen LogP contribution in [0.15, 0.2) is 24.3 Å². The van der Waals surface area contributed by atoms with Crippen molar-refractivity contribution in [1.82, 2.24) is 10.2 Å². The quantitative estimate of drug-likeness (QED) is 0.904. The van der Waals surface area contributed by atoms with E-state index < -0.39 is 19.1 Å². The molecule has 0 bridgehead atoms. The molecule has 1 amide bonds. The van der Waals surface area contributed by atoms with Crippen LogP contribution in [0.5, 0.6) is 0 Å². The molecular weight excluding hydrogens is 274 g/mol. The van der Waals surface area contributed by atoms with Crippen molar-refractivity contribution in [1.29, 1.82) is 0 Å². The van der Waals surface area contributed by atoms with Gasteiger partial charge in [0, 0.05) is 0 Å². The smallest absolute Gasteiger partial charge is 0.255 e. The van der Waals surface area contributed by atoms with Crippen LogP contribution >= 0.6 is 0 Å². The molecule has 1 saturated heterocycles. The van der Waals surface area contributed by atoms with Gasteiger partial charge in [-0.1, -0.05) is 45.0 Å². The molecule has 1 N–H and O–H groups in total. The zero-order valence-electron chi connectivity index (χ0n) is 12.6. The van der Waals surface area contributed by atoms with E-state index in [0.717, 1.165) is 5.56 Å². The predicted molar refractivity (Wildman–Crippen MR) is 78.2 cm³/mol. The summed E-state index contributed by atoms with van der Waals surface area (Å²) in [5.41, 5.74) is 2.04. The first-order valence-electron chi connectivity index (χ1n) is 7.38. The summed E-state index contributed by atoms with van der Waals surface area (Å²) >= 11 is 0. The molecule has 1 aliphatic rings. The maximum absolute atomic E-state index is 12.7. The van der Waals surface area contributed by atoms with Gasteiger partial charge in [-0.3, -0.25) is 10.1 Å². The van der Waals surface area contributed by atoms with Crippen LogP contribution in [0.4, 0.5) is 8.78 Å². The van der Waals surface area contributed by atoms with E-state index >= 15 is 0 Å². The van der Waals surface area contributed by atoms with Crippen LogP contribution in [0.2, 0.25) is 0 Å². The highest BCUT2D eigenvalue weighted by Crippen LogP contribution is 2.28. The highest BCUT2D eigenvalue weighted by molar-refractivity contribution is 5.84. The molecule has 5 heteroatoms. The van der Waals surface area contributed by atoms with E-state index in [1.54, 1.807) is 0 Å². The zero-order chi connectivity index (χ0) is 15.6. The lowest BCUT2D eigenvalue weighted by Crippen LogP contribution is -2.34. The molecule has 2 atom stereocenters. The van der Waals surface area contributed by atoms with Crippen molar-refractivity contribution < 1.29 is 13.6 Å². The fraction of sp³-hybridized carbons (Fsp3) is 0.562. The average molecular weight is 296 g/mol. The Morgan fingerprint density at radius 2 is 1.86 bits per heavy atom. The normalized spacial score (nSPS) is 22.6. The molecule has 1 heterocycles. The first kappa shape index (κ1) is 15.9. The molecule has 2 rings (SSSR count). The van der Waals surface area contributed by atoms with Gasteiger partial charge in [0.1, 0.15) is 6.17 Å². The Morgan fingerprint density at radius 1 is 1.24 bits per heavy atom. The summed E-state index contributed by atoms with van der Waals surface area (Å²) in [7, 11) is 0. The van der Waals surface area contributed by atoms with Crippen LogP contribution in [0.25, 0.3) is 0 Å². The first-order valence-corrected chi connectivity index (χ1v) is 7.38. The van der Waals surface area contributed by atoms with Gasteiger partial charge < -0.3 is 4.90 Å². The largest absolute Gasteiger partial charge is 0.316 e. The van der Waals surface area contributed by atoms with Crippen molar-refractivity contribution in [2.75, 3.05) is 6.54 Å². The summed E-state index contributed by atoms with van der Waals surface area (Å²) in [5, 5.41) is 3.15. The number of hydrogen-bond acceptors (Lipinski definition) is 2. The van der Waals surface area contributed by atoms with E-state index in [1.165, 1.54) is 10.5 Å². The number of nitrogens with zero attached hydrogens (tertiary/aromatic N) is 1. The molecule has 116 valence electrons. The summed E-state index contributed by atoms with van der Waals surface area (Å²) in [6.07, 6.45) is -2.39. The first-order chi connectivity index (χ1) is 9.93. The van der Waals surface area contributed by atoms with Crippen LogP contribution in [0.3, 0.4) is 0 Å². The number of amides is 1. The highest BCUT2D eigenvalue weighted by Gasteiger charge is 2.39. The molecule has 0 radical (unpaired) electrons. The lowest BCUT2D eigenvalue weighted by Gasteiger charge is -2.24. The number of hydrogen-bond donors (Lipinski definition) is 1. The van der Waals surface area contributed by atoms with Crippen molar-refractivity contribution in [3.8, 4) is 0 Å². The molecule has 3 nitrogen and oxygen atoms in total. The van der Waals surface area contributed by atoms with Gasteiger partial charge in [0.15, 0.2) is 0 Å². The van der Waals surface area contributed by atoms with Crippen molar-refractivity contribution in [3.05, 3.63) is 35.4 Å². The Bertz CT molecular complexity index is 488. The summed E-state index contributed by atoms with van der Waals surface area (Å²) in [6.45, 7) is 5.55. The summed E-state index contributed by atoms with van der Waals surface area (Å²) in [4.78, 5) is 13.4. The number of nitrogens with one attached hydrogen (secondary N) is 1. The Kier molecular flexibility index (Phi) is 4.93.